The summed E-state index contributed by atoms with van der Waals surface area (Å²) in [7, 11) is -3.98. The van der Waals surface area contributed by atoms with Gasteiger partial charge in [-0.25, -0.2) is 0 Å². The van der Waals surface area contributed by atoms with E-state index in [1.165, 1.54) is 0 Å². The van der Waals surface area contributed by atoms with Crippen LogP contribution in [0.5, 0.6) is 5.75 Å². The molecule has 0 atom stereocenters. The van der Waals surface area contributed by atoms with E-state index in [1.54, 1.807) is 24.3 Å². The molecule has 0 heterocycles. The summed E-state index contributed by atoms with van der Waals surface area (Å²) in [5, 5.41) is 0. The van der Waals surface area contributed by atoms with Gasteiger partial charge in [-0.05, 0) is 24.6 Å². The third-order valence-electron chi connectivity index (χ3n) is 1.60. The van der Waals surface area contributed by atoms with Crippen LogP contribution in [0.15, 0.2) is 24.3 Å². The molecule has 0 amide bonds. The van der Waals surface area contributed by atoms with Crippen LogP contribution in [0.25, 0.3) is 0 Å². The lowest BCUT2D eigenvalue weighted by Crippen LogP contribution is -1.93. The molecule has 0 saturated carbocycles. The van der Waals surface area contributed by atoms with Gasteiger partial charge in [0.05, 0.1) is 12.8 Å². The zero-order valence-electron chi connectivity index (χ0n) is 7.88. The van der Waals surface area contributed by atoms with Crippen molar-refractivity contribution < 1.29 is 19.1 Å². The van der Waals surface area contributed by atoms with Crippen LogP contribution in [-0.4, -0.2) is 16.4 Å². The molecule has 5 heteroatoms. The number of benzene rings is 1. The Kier molecular flexibility index (Phi) is 3.69. The maximum Gasteiger partial charge on any atom is 0.329 e. The van der Waals surface area contributed by atoms with Crippen molar-refractivity contribution in [1.82, 2.24) is 0 Å². The Morgan fingerprint density at radius 3 is 2.71 bits per heavy atom. The maximum atomic E-state index is 10.7. The lowest BCUT2D eigenvalue weighted by molar-refractivity contribution is 0.340. The SMILES string of the molecule is CCOc1cccc(CP(=O)(O)O)c1. The van der Waals surface area contributed by atoms with Crippen molar-refractivity contribution in [1.29, 1.82) is 0 Å². The smallest absolute Gasteiger partial charge is 0.329 e. The van der Waals surface area contributed by atoms with Crippen LogP contribution in [0.1, 0.15) is 12.5 Å². The van der Waals surface area contributed by atoms with E-state index in [-0.39, 0.29) is 6.16 Å². The zero-order valence-corrected chi connectivity index (χ0v) is 8.78. The summed E-state index contributed by atoms with van der Waals surface area (Å²) in [5.41, 5.74) is 0.587. The van der Waals surface area contributed by atoms with Gasteiger partial charge in [0.25, 0.3) is 0 Å². The van der Waals surface area contributed by atoms with Gasteiger partial charge >= 0.3 is 7.60 Å². The highest BCUT2D eigenvalue weighted by atomic mass is 31.2. The van der Waals surface area contributed by atoms with Gasteiger partial charge in [-0.3, -0.25) is 4.57 Å². The van der Waals surface area contributed by atoms with Gasteiger partial charge in [-0.15, -0.1) is 0 Å². The van der Waals surface area contributed by atoms with Crippen molar-refractivity contribution in [2.75, 3.05) is 6.61 Å². The van der Waals surface area contributed by atoms with Crippen molar-refractivity contribution in [2.45, 2.75) is 13.1 Å². The fourth-order valence-electron chi connectivity index (χ4n) is 1.14. The Bertz CT molecular complexity index is 344. The highest BCUT2D eigenvalue weighted by molar-refractivity contribution is 7.50. The number of rotatable bonds is 4. The molecule has 1 rings (SSSR count). The van der Waals surface area contributed by atoms with Crippen LogP contribution in [0.2, 0.25) is 0 Å². The minimum Gasteiger partial charge on any atom is -0.494 e. The largest absolute Gasteiger partial charge is 0.494 e. The van der Waals surface area contributed by atoms with E-state index < -0.39 is 7.60 Å². The molecule has 0 radical (unpaired) electrons. The van der Waals surface area contributed by atoms with E-state index >= 15 is 0 Å². The van der Waals surface area contributed by atoms with E-state index in [0.717, 1.165) is 0 Å². The van der Waals surface area contributed by atoms with Gasteiger partial charge in [0.15, 0.2) is 0 Å². The maximum absolute atomic E-state index is 10.7. The summed E-state index contributed by atoms with van der Waals surface area (Å²) in [6.45, 7) is 2.40. The van der Waals surface area contributed by atoms with Gasteiger partial charge in [0, 0.05) is 0 Å². The van der Waals surface area contributed by atoms with Crippen LogP contribution in [0.3, 0.4) is 0 Å². The average molecular weight is 216 g/mol. The molecule has 0 saturated heterocycles. The highest BCUT2D eigenvalue weighted by Gasteiger charge is 2.13. The molecule has 0 spiro atoms. The second kappa shape index (κ2) is 4.60. The predicted molar refractivity (Wildman–Crippen MR) is 53.4 cm³/mol. The first kappa shape index (κ1) is 11.2. The second-order valence-electron chi connectivity index (χ2n) is 2.90. The number of ether oxygens (including phenoxy) is 1. The van der Waals surface area contributed by atoms with Crippen LogP contribution in [0.4, 0.5) is 0 Å². The summed E-state index contributed by atoms with van der Waals surface area (Å²) < 4.78 is 15.9. The standard InChI is InChI=1S/C9H13O4P/c1-2-13-9-5-3-4-8(6-9)7-14(10,11)12/h3-6H,2,7H2,1H3,(H2,10,11,12). The first-order valence-electron chi connectivity index (χ1n) is 4.27. The molecule has 0 unspecified atom stereocenters. The van der Waals surface area contributed by atoms with Crippen LogP contribution in [-0.2, 0) is 10.7 Å². The summed E-state index contributed by atoms with van der Waals surface area (Å²) >= 11 is 0. The molecule has 0 aromatic heterocycles. The molecule has 1 aromatic rings. The van der Waals surface area contributed by atoms with Crippen LogP contribution >= 0.6 is 7.60 Å². The van der Waals surface area contributed by atoms with Crippen molar-refractivity contribution in [2.24, 2.45) is 0 Å². The van der Waals surface area contributed by atoms with Crippen molar-refractivity contribution >= 4 is 7.60 Å². The Hall–Kier alpha value is -0.830. The molecule has 0 aliphatic heterocycles. The Balaban J connectivity index is 2.78. The van der Waals surface area contributed by atoms with Gasteiger partial charge in [0.1, 0.15) is 5.75 Å². The van der Waals surface area contributed by atoms with E-state index in [0.29, 0.717) is 17.9 Å². The molecule has 1 aromatic carbocycles. The van der Waals surface area contributed by atoms with Crippen molar-refractivity contribution in [3.63, 3.8) is 0 Å². The lowest BCUT2D eigenvalue weighted by atomic mass is 10.2. The molecule has 14 heavy (non-hydrogen) atoms. The molecule has 0 bridgehead atoms. The molecular weight excluding hydrogens is 203 g/mol. The van der Waals surface area contributed by atoms with E-state index in [9.17, 15) is 4.57 Å². The lowest BCUT2D eigenvalue weighted by Gasteiger charge is -2.06. The van der Waals surface area contributed by atoms with Crippen molar-refractivity contribution in [3.8, 4) is 5.75 Å². The minimum absolute atomic E-state index is 0.242. The monoisotopic (exact) mass is 216 g/mol. The average Bonchev–Trinajstić information content (AvgIpc) is 2.02. The summed E-state index contributed by atoms with van der Waals surface area (Å²) in [6, 6.07) is 6.78. The molecule has 0 fully saturated rings. The van der Waals surface area contributed by atoms with Gasteiger partial charge < -0.3 is 14.5 Å². The third kappa shape index (κ3) is 3.92. The zero-order chi connectivity index (χ0) is 10.6. The fourth-order valence-corrected chi connectivity index (χ4v) is 1.81. The molecule has 4 nitrogen and oxygen atoms in total. The molecule has 2 N–H and O–H groups in total. The van der Waals surface area contributed by atoms with Gasteiger partial charge in [-0.1, -0.05) is 12.1 Å². The molecule has 0 aliphatic carbocycles. The first-order valence-corrected chi connectivity index (χ1v) is 6.07. The second-order valence-corrected chi connectivity index (χ2v) is 4.55. The molecule has 78 valence electrons. The number of hydrogen-bond donors (Lipinski definition) is 2. The third-order valence-corrected chi connectivity index (χ3v) is 2.38. The quantitative estimate of drug-likeness (QED) is 0.752. The summed E-state index contributed by atoms with van der Waals surface area (Å²) in [4.78, 5) is 17.5. The van der Waals surface area contributed by atoms with Crippen LogP contribution < -0.4 is 4.74 Å². The van der Waals surface area contributed by atoms with E-state index in [4.69, 9.17) is 14.5 Å². The van der Waals surface area contributed by atoms with Crippen molar-refractivity contribution in [3.05, 3.63) is 29.8 Å². The Morgan fingerprint density at radius 2 is 2.14 bits per heavy atom. The normalized spacial score (nSPS) is 11.4. The molecular formula is C9H13O4P. The van der Waals surface area contributed by atoms with E-state index in [2.05, 4.69) is 0 Å². The van der Waals surface area contributed by atoms with E-state index in [1.807, 2.05) is 6.92 Å². The van der Waals surface area contributed by atoms with Gasteiger partial charge in [0.2, 0.25) is 0 Å². The Morgan fingerprint density at radius 1 is 1.43 bits per heavy atom. The number of hydrogen-bond acceptors (Lipinski definition) is 2. The first-order chi connectivity index (χ1) is 6.51. The van der Waals surface area contributed by atoms with Gasteiger partial charge in [-0.2, -0.15) is 0 Å². The minimum atomic E-state index is -3.98. The highest BCUT2D eigenvalue weighted by Crippen LogP contribution is 2.39. The molecule has 0 aliphatic rings. The predicted octanol–water partition coefficient (Wildman–Crippen LogP) is 1.76. The summed E-state index contributed by atoms with van der Waals surface area (Å²) in [5.74, 6) is 0.637. The summed E-state index contributed by atoms with van der Waals surface area (Å²) in [6.07, 6.45) is -0.242. The Labute approximate surface area is 82.7 Å². The fraction of sp³-hybridized carbons (Fsp3) is 0.333. The topological polar surface area (TPSA) is 66.8 Å². The van der Waals surface area contributed by atoms with Crippen LogP contribution in [0, 0.1) is 0 Å².